The van der Waals surface area contributed by atoms with Crippen molar-refractivity contribution < 1.29 is 19.2 Å². The van der Waals surface area contributed by atoms with Gasteiger partial charge in [-0.3, -0.25) is 24.1 Å². The second-order valence-corrected chi connectivity index (χ2v) is 8.22. The predicted octanol–water partition coefficient (Wildman–Crippen LogP) is 1.92. The summed E-state index contributed by atoms with van der Waals surface area (Å²) in [6, 6.07) is 6.67. The Balaban J connectivity index is 1.30. The topological polar surface area (TPSA) is 78.0 Å². The molecule has 3 heterocycles. The van der Waals surface area contributed by atoms with E-state index in [9.17, 15) is 19.2 Å². The van der Waals surface area contributed by atoms with Gasteiger partial charge in [0.05, 0.1) is 11.1 Å². The number of hydrogen-bond acceptors (Lipinski definition) is 4. The molecule has 7 heteroatoms. The van der Waals surface area contributed by atoms with Gasteiger partial charge < -0.3 is 9.80 Å². The maximum atomic E-state index is 12.8. The van der Waals surface area contributed by atoms with Crippen LogP contribution in [-0.2, 0) is 9.59 Å². The molecule has 1 atom stereocenters. The van der Waals surface area contributed by atoms with Gasteiger partial charge in [0.15, 0.2) is 0 Å². The van der Waals surface area contributed by atoms with E-state index in [4.69, 9.17) is 0 Å². The molecule has 29 heavy (non-hydrogen) atoms. The Morgan fingerprint density at radius 2 is 1.48 bits per heavy atom. The molecular weight excluding hydrogens is 370 g/mol. The lowest BCUT2D eigenvalue weighted by Gasteiger charge is -2.33. The summed E-state index contributed by atoms with van der Waals surface area (Å²) >= 11 is 0. The number of carbonyl (C=O) groups is 4. The van der Waals surface area contributed by atoms with E-state index in [0.29, 0.717) is 36.6 Å². The van der Waals surface area contributed by atoms with Crippen molar-refractivity contribution in [2.24, 2.45) is 5.92 Å². The number of imide groups is 1. The summed E-state index contributed by atoms with van der Waals surface area (Å²) in [6.07, 6.45) is 5.39. The fraction of sp³-hybridized carbons (Fsp3) is 0.545. The Morgan fingerprint density at radius 3 is 2.14 bits per heavy atom. The van der Waals surface area contributed by atoms with E-state index in [1.54, 1.807) is 29.2 Å². The van der Waals surface area contributed by atoms with Crippen LogP contribution in [0.3, 0.4) is 0 Å². The number of rotatable bonds is 5. The first kappa shape index (κ1) is 19.6. The highest BCUT2D eigenvalue weighted by Crippen LogP contribution is 2.25. The van der Waals surface area contributed by atoms with Crippen LogP contribution < -0.4 is 0 Å². The Kier molecular flexibility index (Phi) is 5.65. The molecule has 7 nitrogen and oxygen atoms in total. The van der Waals surface area contributed by atoms with E-state index in [0.717, 1.165) is 50.1 Å². The summed E-state index contributed by atoms with van der Waals surface area (Å²) in [5.74, 6) is -0.485. The van der Waals surface area contributed by atoms with E-state index < -0.39 is 11.8 Å². The number of carbonyl (C=O) groups excluding carboxylic acids is 4. The second kappa shape index (κ2) is 8.35. The van der Waals surface area contributed by atoms with Gasteiger partial charge >= 0.3 is 0 Å². The van der Waals surface area contributed by atoms with Crippen LogP contribution in [0, 0.1) is 5.92 Å². The largest absolute Gasteiger partial charge is 0.343 e. The Bertz CT molecular complexity index is 796. The van der Waals surface area contributed by atoms with Crippen LogP contribution in [0.5, 0.6) is 0 Å². The average molecular weight is 397 g/mol. The first-order valence-electron chi connectivity index (χ1n) is 10.6. The number of benzene rings is 1. The van der Waals surface area contributed by atoms with Gasteiger partial charge in [-0.15, -0.1) is 0 Å². The molecule has 2 fully saturated rings. The number of amides is 4. The van der Waals surface area contributed by atoms with E-state index in [-0.39, 0.29) is 18.4 Å². The van der Waals surface area contributed by atoms with Crippen molar-refractivity contribution >= 4 is 23.6 Å². The van der Waals surface area contributed by atoms with Crippen molar-refractivity contribution in [2.75, 3.05) is 32.7 Å². The van der Waals surface area contributed by atoms with Crippen molar-refractivity contribution in [3.63, 3.8) is 0 Å². The van der Waals surface area contributed by atoms with Gasteiger partial charge in [-0.2, -0.15) is 0 Å². The molecule has 3 aliphatic heterocycles. The first-order chi connectivity index (χ1) is 14.0. The van der Waals surface area contributed by atoms with Crippen molar-refractivity contribution in [3.8, 4) is 0 Å². The number of nitrogens with zero attached hydrogens (tertiary/aromatic N) is 3. The lowest BCUT2D eigenvalue weighted by molar-refractivity contribution is -0.133. The quantitative estimate of drug-likeness (QED) is 0.712. The molecule has 0 aromatic heterocycles. The van der Waals surface area contributed by atoms with Gasteiger partial charge in [0.2, 0.25) is 11.8 Å². The molecule has 4 rings (SSSR count). The molecule has 0 saturated carbocycles. The monoisotopic (exact) mass is 397 g/mol. The molecule has 1 aromatic rings. The zero-order valence-corrected chi connectivity index (χ0v) is 16.6. The molecule has 154 valence electrons. The third-order valence-corrected chi connectivity index (χ3v) is 6.27. The highest BCUT2D eigenvalue weighted by molar-refractivity contribution is 6.22. The SMILES string of the molecule is O=C(CCC1CCCN(C(=O)CN2C(=O)c3ccccc3C2=O)C1)N1CCCC1. The maximum Gasteiger partial charge on any atom is 0.262 e. The van der Waals surface area contributed by atoms with Gasteiger partial charge in [0.1, 0.15) is 6.54 Å². The molecule has 0 aliphatic carbocycles. The minimum Gasteiger partial charge on any atom is -0.343 e. The van der Waals surface area contributed by atoms with E-state index >= 15 is 0 Å². The van der Waals surface area contributed by atoms with Crippen LogP contribution in [-0.4, -0.2) is 71.1 Å². The Labute approximate surface area is 170 Å². The molecule has 0 N–H and O–H groups in total. The third-order valence-electron chi connectivity index (χ3n) is 6.27. The van der Waals surface area contributed by atoms with Crippen LogP contribution in [0.1, 0.15) is 59.2 Å². The maximum absolute atomic E-state index is 12.8. The van der Waals surface area contributed by atoms with Crippen LogP contribution in [0.2, 0.25) is 0 Å². The van der Waals surface area contributed by atoms with Crippen molar-refractivity contribution in [3.05, 3.63) is 35.4 Å². The number of fused-ring (bicyclic) bond motifs is 1. The van der Waals surface area contributed by atoms with Gasteiger partial charge in [0.25, 0.3) is 11.8 Å². The zero-order chi connectivity index (χ0) is 20.4. The van der Waals surface area contributed by atoms with Crippen LogP contribution in [0.15, 0.2) is 24.3 Å². The van der Waals surface area contributed by atoms with Gasteiger partial charge in [0, 0.05) is 32.6 Å². The lowest BCUT2D eigenvalue weighted by atomic mass is 9.93. The highest BCUT2D eigenvalue weighted by Gasteiger charge is 2.37. The summed E-state index contributed by atoms with van der Waals surface area (Å²) in [6.45, 7) is 2.75. The number of piperidine rings is 1. The van der Waals surface area contributed by atoms with Crippen LogP contribution in [0.25, 0.3) is 0 Å². The second-order valence-electron chi connectivity index (χ2n) is 8.22. The first-order valence-corrected chi connectivity index (χ1v) is 10.6. The fourth-order valence-electron chi connectivity index (χ4n) is 4.60. The Hall–Kier alpha value is -2.70. The molecule has 0 spiro atoms. The van der Waals surface area contributed by atoms with Crippen molar-refractivity contribution in [1.29, 1.82) is 0 Å². The molecule has 4 amide bonds. The van der Waals surface area contributed by atoms with E-state index in [1.807, 2.05) is 4.90 Å². The van der Waals surface area contributed by atoms with E-state index in [1.165, 1.54) is 0 Å². The average Bonchev–Trinajstić information content (AvgIpc) is 3.36. The zero-order valence-electron chi connectivity index (χ0n) is 16.6. The normalized spacial score (nSPS) is 21.7. The van der Waals surface area contributed by atoms with Gasteiger partial charge in [-0.1, -0.05) is 12.1 Å². The van der Waals surface area contributed by atoms with Crippen LogP contribution >= 0.6 is 0 Å². The highest BCUT2D eigenvalue weighted by atomic mass is 16.2. The minimum atomic E-state index is -0.399. The summed E-state index contributed by atoms with van der Waals surface area (Å²) in [5, 5.41) is 0. The van der Waals surface area contributed by atoms with Gasteiger partial charge in [-0.05, 0) is 50.2 Å². The standard InChI is InChI=1S/C22H27N3O4/c26-19(23-11-3-4-12-23)10-9-16-6-5-13-24(14-16)20(27)15-25-21(28)17-7-1-2-8-18(17)22(25)29/h1-2,7-8,16H,3-6,9-15H2. The van der Waals surface area contributed by atoms with Crippen LogP contribution in [0.4, 0.5) is 0 Å². The molecule has 1 unspecified atom stereocenters. The summed E-state index contributed by atoms with van der Waals surface area (Å²) in [5.41, 5.74) is 0.726. The van der Waals surface area contributed by atoms with Crippen molar-refractivity contribution in [2.45, 2.75) is 38.5 Å². The number of likely N-dealkylation sites (tertiary alicyclic amines) is 2. The molecule has 1 aromatic carbocycles. The number of hydrogen-bond donors (Lipinski definition) is 0. The summed E-state index contributed by atoms with van der Waals surface area (Å²) in [4.78, 5) is 54.8. The summed E-state index contributed by atoms with van der Waals surface area (Å²) < 4.78 is 0. The molecule has 2 saturated heterocycles. The van der Waals surface area contributed by atoms with Gasteiger partial charge in [-0.25, -0.2) is 0 Å². The molecule has 0 radical (unpaired) electrons. The smallest absolute Gasteiger partial charge is 0.262 e. The molecular formula is C22H27N3O4. The van der Waals surface area contributed by atoms with E-state index in [2.05, 4.69) is 0 Å². The fourth-order valence-corrected chi connectivity index (χ4v) is 4.60. The Morgan fingerprint density at radius 1 is 0.862 bits per heavy atom. The summed E-state index contributed by atoms with van der Waals surface area (Å²) in [7, 11) is 0. The lowest BCUT2D eigenvalue weighted by Crippen LogP contribution is -2.46. The third kappa shape index (κ3) is 4.04. The van der Waals surface area contributed by atoms with Crippen molar-refractivity contribution in [1.82, 2.24) is 14.7 Å². The predicted molar refractivity (Wildman–Crippen MR) is 106 cm³/mol. The molecule has 0 bridgehead atoms. The minimum absolute atomic E-state index is 0.199. The molecule has 3 aliphatic rings.